The van der Waals surface area contributed by atoms with Crippen molar-refractivity contribution >= 4 is 0 Å². The number of halogens is 1. The second-order valence-electron chi connectivity index (χ2n) is 4.62. The normalized spacial score (nSPS) is 11.0. The molecule has 5 heteroatoms. The van der Waals surface area contributed by atoms with Crippen LogP contribution in [0.1, 0.15) is 19.7 Å². The van der Waals surface area contributed by atoms with Gasteiger partial charge in [-0.05, 0) is 18.2 Å². The Balaban J connectivity index is 2.24. The van der Waals surface area contributed by atoms with E-state index in [0.717, 1.165) is 11.5 Å². The zero-order valence-corrected chi connectivity index (χ0v) is 11.3. The lowest BCUT2D eigenvalue weighted by Gasteiger charge is -2.07. The molecule has 0 unspecified atom stereocenters. The van der Waals surface area contributed by atoms with Gasteiger partial charge in [0.05, 0.1) is 25.5 Å². The van der Waals surface area contributed by atoms with E-state index >= 15 is 0 Å². The first-order valence-corrected chi connectivity index (χ1v) is 6.21. The van der Waals surface area contributed by atoms with Crippen LogP contribution in [0.4, 0.5) is 4.39 Å². The number of nitrogens with zero attached hydrogens (tertiary/aromatic N) is 1. The molecule has 0 bridgehead atoms. The largest absolute Gasteiger partial charge is 0.496 e. The first-order valence-electron chi connectivity index (χ1n) is 6.21. The van der Waals surface area contributed by atoms with Gasteiger partial charge in [0, 0.05) is 11.6 Å². The molecule has 0 spiro atoms. The molecule has 0 atom stereocenters. The van der Waals surface area contributed by atoms with Gasteiger partial charge in [-0.3, -0.25) is 0 Å². The number of aromatic amines is 1. The highest BCUT2D eigenvalue weighted by Crippen LogP contribution is 2.29. The molecule has 19 heavy (non-hydrogen) atoms. The third-order valence-electron chi connectivity index (χ3n) is 2.76. The molecule has 0 saturated carbocycles. The predicted octanol–water partition coefficient (Wildman–Crippen LogP) is 2.72. The Bertz CT molecular complexity index is 551. The molecular formula is C14H18FN3O. The zero-order valence-electron chi connectivity index (χ0n) is 11.3. The van der Waals surface area contributed by atoms with Crippen LogP contribution >= 0.6 is 0 Å². The van der Waals surface area contributed by atoms with Gasteiger partial charge in [-0.2, -0.15) is 0 Å². The molecule has 0 aliphatic heterocycles. The molecule has 0 aliphatic rings. The van der Waals surface area contributed by atoms with Crippen LogP contribution in [0.5, 0.6) is 5.75 Å². The van der Waals surface area contributed by atoms with Crippen molar-refractivity contribution in [2.45, 2.75) is 26.4 Å². The van der Waals surface area contributed by atoms with Crippen molar-refractivity contribution < 1.29 is 9.13 Å². The van der Waals surface area contributed by atoms with Crippen LogP contribution in [0.15, 0.2) is 24.4 Å². The molecule has 0 fully saturated rings. The SMILES string of the molecule is COc1ccc(F)cc1-c1cnc(CNC(C)C)[nH]1. The van der Waals surface area contributed by atoms with Gasteiger partial charge in [-0.1, -0.05) is 13.8 Å². The molecule has 0 amide bonds. The smallest absolute Gasteiger partial charge is 0.128 e. The minimum absolute atomic E-state index is 0.299. The maximum Gasteiger partial charge on any atom is 0.128 e. The predicted molar refractivity (Wildman–Crippen MR) is 72.5 cm³/mol. The number of ether oxygens (including phenoxy) is 1. The summed E-state index contributed by atoms with van der Waals surface area (Å²) in [5, 5.41) is 3.27. The van der Waals surface area contributed by atoms with Gasteiger partial charge in [0.25, 0.3) is 0 Å². The number of hydrogen-bond donors (Lipinski definition) is 2. The third-order valence-corrected chi connectivity index (χ3v) is 2.76. The van der Waals surface area contributed by atoms with Crippen molar-refractivity contribution in [3.63, 3.8) is 0 Å². The first-order chi connectivity index (χ1) is 9.10. The summed E-state index contributed by atoms with van der Waals surface area (Å²) in [5.74, 6) is 1.13. The number of H-pyrrole nitrogens is 1. The lowest BCUT2D eigenvalue weighted by molar-refractivity contribution is 0.415. The Hall–Kier alpha value is -1.88. The quantitative estimate of drug-likeness (QED) is 0.872. The van der Waals surface area contributed by atoms with Crippen LogP contribution in [-0.2, 0) is 6.54 Å². The minimum Gasteiger partial charge on any atom is -0.496 e. The van der Waals surface area contributed by atoms with E-state index in [1.807, 2.05) is 0 Å². The first kappa shape index (κ1) is 13.5. The number of hydrogen-bond acceptors (Lipinski definition) is 3. The molecule has 1 aromatic carbocycles. The average molecular weight is 263 g/mol. The summed E-state index contributed by atoms with van der Waals surface area (Å²) in [7, 11) is 1.56. The van der Waals surface area contributed by atoms with Gasteiger partial charge >= 0.3 is 0 Å². The summed E-state index contributed by atoms with van der Waals surface area (Å²) < 4.78 is 18.6. The minimum atomic E-state index is -0.299. The topological polar surface area (TPSA) is 49.9 Å². The lowest BCUT2D eigenvalue weighted by atomic mass is 10.1. The van der Waals surface area contributed by atoms with E-state index in [-0.39, 0.29) is 5.82 Å². The molecule has 2 aromatic rings. The molecule has 1 aromatic heterocycles. The lowest BCUT2D eigenvalue weighted by Crippen LogP contribution is -2.22. The highest BCUT2D eigenvalue weighted by Gasteiger charge is 2.10. The van der Waals surface area contributed by atoms with E-state index in [4.69, 9.17) is 4.74 Å². The monoisotopic (exact) mass is 263 g/mol. The Labute approximate surface area is 112 Å². The fraction of sp³-hybridized carbons (Fsp3) is 0.357. The Kier molecular flexibility index (Phi) is 4.16. The molecule has 102 valence electrons. The van der Waals surface area contributed by atoms with E-state index in [1.54, 1.807) is 19.4 Å². The van der Waals surface area contributed by atoms with Crippen LogP contribution in [0, 0.1) is 5.82 Å². The standard InChI is InChI=1S/C14H18FN3O/c1-9(2)16-8-14-17-7-12(18-14)11-6-10(15)4-5-13(11)19-3/h4-7,9,16H,8H2,1-3H3,(H,17,18). The molecule has 1 heterocycles. The summed E-state index contributed by atoms with van der Waals surface area (Å²) in [6.45, 7) is 4.79. The highest BCUT2D eigenvalue weighted by molar-refractivity contribution is 5.66. The summed E-state index contributed by atoms with van der Waals surface area (Å²) in [4.78, 5) is 7.44. The van der Waals surface area contributed by atoms with Gasteiger partial charge in [-0.25, -0.2) is 9.37 Å². The number of aromatic nitrogens is 2. The average Bonchev–Trinajstić information content (AvgIpc) is 2.85. The van der Waals surface area contributed by atoms with E-state index in [9.17, 15) is 4.39 Å². The van der Waals surface area contributed by atoms with Gasteiger partial charge in [-0.15, -0.1) is 0 Å². The highest BCUT2D eigenvalue weighted by atomic mass is 19.1. The summed E-state index contributed by atoms with van der Waals surface area (Å²) >= 11 is 0. The number of rotatable bonds is 5. The molecule has 4 nitrogen and oxygen atoms in total. The summed E-state index contributed by atoms with van der Waals surface area (Å²) in [6, 6.07) is 4.81. The molecular weight excluding hydrogens is 245 g/mol. The summed E-state index contributed by atoms with van der Waals surface area (Å²) in [6.07, 6.45) is 1.69. The van der Waals surface area contributed by atoms with Gasteiger partial charge in [0.2, 0.25) is 0 Å². The second kappa shape index (κ2) is 5.84. The number of benzene rings is 1. The zero-order chi connectivity index (χ0) is 13.8. The maximum absolute atomic E-state index is 13.3. The Morgan fingerprint density at radius 1 is 1.42 bits per heavy atom. The fourth-order valence-electron chi connectivity index (χ4n) is 1.78. The molecule has 2 rings (SSSR count). The Morgan fingerprint density at radius 3 is 2.89 bits per heavy atom. The number of imidazole rings is 1. The molecule has 0 saturated heterocycles. The fourth-order valence-corrected chi connectivity index (χ4v) is 1.78. The van der Waals surface area contributed by atoms with E-state index in [0.29, 0.717) is 23.9 Å². The van der Waals surface area contributed by atoms with Gasteiger partial charge in [0.1, 0.15) is 17.4 Å². The molecule has 0 radical (unpaired) electrons. The van der Waals surface area contributed by atoms with E-state index in [2.05, 4.69) is 29.1 Å². The van der Waals surface area contributed by atoms with Crippen LogP contribution in [-0.4, -0.2) is 23.1 Å². The van der Waals surface area contributed by atoms with Gasteiger partial charge < -0.3 is 15.0 Å². The van der Waals surface area contributed by atoms with Crippen LogP contribution in [0.2, 0.25) is 0 Å². The van der Waals surface area contributed by atoms with Crippen molar-refractivity contribution in [3.8, 4) is 17.0 Å². The van der Waals surface area contributed by atoms with Crippen molar-refractivity contribution in [3.05, 3.63) is 36.0 Å². The third kappa shape index (κ3) is 3.32. The van der Waals surface area contributed by atoms with Crippen LogP contribution < -0.4 is 10.1 Å². The van der Waals surface area contributed by atoms with Crippen molar-refractivity contribution in [1.82, 2.24) is 15.3 Å². The number of methoxy groups -OCH3 is 1. The van der Waals surface area contributed by atoms with E-state index < -0.39 is 0 Å². The van der Waals surface area contributed by atoms with Crippen molar-refractivity contribution in [2.24, 2.45) is 0 Å². The van der Waals surface area contributed by atoms with Crippen LogP contribution in [0.3, 0.4) is 0 Å². The van der Waals surface area contributed by atoms with Gasteiger partial charge in [0.15, 0.2) is 0 Å². The van der Waals surface area contributed by atoms with Crippen molar-refractivity contribution in [1.29, 1.82) is 0 Å². The molecule has 2 N–H and O–H groups in total. The maximum atomic E-state index is 13.3. The summed E-state index contributed by atoms with van der Waals surface area (Å²) in [5.41, 5.74) is 1.42. The second-order valence-corrected chi connectivity index (χ2v) is 4.62. The molecule has 0 aliphatic carbocycles. The van der Waals surface area contributed by atoms with E-state index in [1.165, 1.54) is 12.1 Å². The van der Waals surface area contributed by atoms with Crippen molar-refractivity contribution in [2.75, 3.05) is 7.11 Å². The number of nitrogens with one attached hydrogen (secondary N) is 2. The van der Waals surface area contributed by atoms with Crippen LogP contribution in [0.25, 0.3) is 11.3 Å². The Morgan fingerprint density at radius 2 is 2.21 bits per heavy atom.